The Labute approximate surface area is 173 Å². The number of hydrogen-bond acceptors (Lipinski definition) is 7. The van der Waals surface area contributed by atoms with Crippen molar-refractivity contribution >= 4 is 31.6 Å². The van der Waals surface area contributed by atoms with Gasteiger partial charge in [0.2, 0.25) is 4.80 Å². The number of thiazole rings is 1. The first kappa shape index (κ1) is 21.2. The first-order chi connectivity index (χ1) is 13.9. The maximum absolute atomic E-state index is 12.9. The summed E-state index contributed by atoms with van der Waals surface area (Å²) in [5, 5.41) is 0. The van der Waals surface area contributed by atoms with E-state index in [4.69, 9.17) is 18.9 Å². The largest absolute Gasteiger partial charge is 0.497 e. The molecule has 0 aliphatic carbocycles. The van der Waals surface area contributed by atoms with E-state index in [-0.39, 0.29) is 4.90 Å². The highest BCUT2D eigenvalue weighted by molar-refractivity contribution is 7.90. The van der Waals surface area contributed by atoms with Gasteiger partial charge in [-0.3, -0.25) is 0 Å². The summed E-state index contributed by atoms with van der Waals surface area (Å²) in [5.74, 6) is 1.68. The molecular weight excluding hydrogens is 416 g/mol. The normalized spacial score (nSPS) is 12.3. The maximum atomic E-state index is 12.9. The van der Waals surface area contributed by atoms with Gasteiger partial charge in [0.25, 0.3) is 10.0 Å². The molecule has 0 atom stereocenters. The lowest BCUT2D eigenvalue weighted by molar-refractivity contribution is 0.187. The molecule has 0 unspecified atom stereocenters. The molecular formula is C19H22N2O6S2. The molecule has 0 radical (unpaired) electrons. The van der Waals surface area contributed by atoms with E-state index in [1.165, 1.54) is 30.6 Å². The van der Waals surface area contributed by atoms with Crippen LogP contribution in [0.5, 0.6) is 17.2 Å². The molecule has 0 saturated carbocycles. The Balaban J connectivity index is 2.20. The fraction of sp³-hybridized carbons (Fsp3) is 0.316. The number of benzene rings is 2. The highest BCUT2D eigenvalue weighted by Gasteiger charge is 2.17. The quantitative estimate of drug-likeness (QED) is 0.537. The zero-order valence-corrected chi connectivity index (χ0v) is 18.2. The van der Waals surface area contributed by atoms with Crippen LogP contribution >= 0.6 is 11.3 Å². The van der Waals surface area contributed by atoms with Gasteiger partial charge in [0, 0.05) is 25.8 Å². The van der Waals surface area contributed by atoms with Crippen molar-refractivity contribution in [2.24, 2.45) is 4.40 Å². The predicted molar refractivity (Wildman–Crippen MR) is 111 cm³/mol. The molecule has 10 heteroatoms. The molecule has 0 saturated heterocycles. The summed E-state index contributed by atoms with van der Waals surface area (Å²) in [6.45, 7) is 0.832. The van der Waals surface area contributed by atoms with E-state index in [9.17, 15) is 8.42 Å². The van der Waals surface area contributed by atoms with Gasteiger partial charge in [-0.25, -0.2) is 0 Å². The summed E-state index contributed by atoms with van der Waals surface area (Å²) in [6, 6.07) is 9.72. The van der Waals surface area contributed by atoms with Crippen LogP contribution in [-0.4, -0.2) is 48.0 Å². The molecule has 0 spiro atoms. The van der Waals surface area contributed by atoms with Crippen molar-refractivity contribution in [3.8, 4) is 17.2 Å². The van der Waals surface area contributed by atoms with Crippen LogP contribution in [0.2, 0.25) is 0 Å². The molecule has 1 heterocycles. The minimum absolute atomic E-state index is 0.0872. The van der Waals surface area contributed by atoms with Gasteiger partial charge in [0.1, 0.15) is 5.75 Å². The van der Waals surface area contributed by atoms with Crippen LogP contribution in [0.25, 0.3) is 10.2 Å². The Morgan fingerprint density at radius 2 is 1.62 bits per heavy atom. The van der Waals surface area contributed by atoms with E-state index in [1.54, 1.807) is 50.2 Å². The van der Waals surface area contributed by atoms with E-state index in [2.05, 4.69) is 4.40 Å². The molecule has 0 fully saturated rings. The Kier molecular flexibility index (Phi) is 6.46. The number of aromatic nitrogens is 1. The van der Waals surface area contributed by atoms with Crippen LogP contribution < -0.4 is 19.0 Å². The number of sulfonamides is 1. The second kappa shape index (κ2) is 8.85. The zero-order valence-electron chi connectivity index (χ0n) is 16.5. The van der Waals surface area contributed by atoms with Crippen LogP contribution in [0, 0.1) is 0 Å². The summed E-state index contributed by atoms with van der Waals surface area (Å²) in [4.78, 5) is 0.424. The van der Waals surface area contributed by atoms with Crippen LogP contribution in [0.15, 0.2) is 45.7 Å². The van der Waals surface area contributed by atoms with Crippen LogP contribution in [-0.2, 0) is 21.3 Å². The minimum atomic E-state index is -3.91. The number of methoxy groups -OCH3 is 4. The SMILES string of the molecule is COCCn1/c(=N/S(=O)(=O)c2ccc(OC)cc2)sc2cc(OC)c(OC)cc21. The van der Waals surface area contributed by atoms with Gasteiger partial charge < -0.3 is 23.5 Å². The molecule has 0 aliphatic heterocycles. The highest BCUT2D eigenvalue weighted by atomic mass is 32.2. The highest BCUT2D eigenvalue weighted by Crippen LogP contribution is 2.33. The van der Waals surface area contributed by atoms with Gasteiger partial charge >= 0.3 is 0 Å². The lowest BCUT2D eigenvalue weighted by atomic mass is 10.3. The van der Waals surface area contributed by atoms with Crippen LogP contribution in [0.4, 0.5) is 0 Å². The van der Waals surface area contributed by atoms with E-state index in [0.717, 1.165) is 10.2 Å². The Morgan fingerprint density at radius 3 is 2.21 bits per heavy atom. The number of hydrogen-bond donors (Lipinski definition) is 0. The van der Waals surface area contributed by atoms with Crippen molar-refractivity contribution in [1.82, 2.24) is 4.57 Å². The second-order valence-electron chi connectivity index (χ2n) is 5.95. The molecule has 8 nitrogen and oxygen atoms in total. The van der Waals surface area contributed by atoms with Crippen molar-refractivity contribution in [3.05, 3.63) is 41.2 Å². The van der Waals surface area contributed by atoms with Crippen molar-refractivity contribution < 1.29 is 27.4 Å². The predicted octanol–water partition coefficient (Wildman–Crippen LogP) is 2.66. The van der Waals surface area contributed by atoms with Gasteiger partial charge in [-0.2, -0.15) is 8.42 Å². The van der Waals surface area contributed by atoms with Gasteiger partial charge in [0.05, 0.1) is 43.0 Å². The summed E-state index contributed by atoms with van der Waals surface area (Å²) < 4.78 is 53.4. The molecule has 0 amide bonds. The van der Waals surface area contributed by atoms with E-state index in [0.29, 0.717) is 35.2 Å². The number of fused-ring (bicyclic) bond motifs is 1. The number of ether oxygens (including phenoxy) is 4. The lowest BCUT2D eigenvalue weighted by Gasteiger charge is -2.09. The van der Waals surface area contributed by atoms with E-state index < -0.39 is 10.0 Å². The molecule has 0 N–H and O–H groups in total. The van der Waals surface area contributed by atoms with Gasteiger partial charge in [0.15, 0.2) is 11.5 Å². The lowest BCUT2D eigenvalue weighted by Crippen LogP contribution is -2.19. The third-order valence-electron chi connectivity index (χ3n) is 4.26. The van der Waals surface area contributed by atoms with E-state index >= 15 is 0 Å². The molecule has 1 aromatic heterocycles. The third kappa shape index (κ3) is 4.39. The van der Waals surface area contributed by atoms with Crippen molar-refractivity contribution in [2.45, 2.75) is 11.4 Å². The Morgan fingerprint density at radius 1 is 0.966 bits per heavy atom. The average molecular weight is 439 g/mol. The molecule has 3 rings (SSSR count). The summed E-state index contributed by atoms with van der Waals surface area (Å²) >= 11 is 1.25. The minimum Gasteiger partial charge on any atom is -0.497 e. The molecule has 0 bridgehead atoms. The van der Waals surface area contributed by atoms with E-state index in [1.807, 2.05) is 0 Å². The smallest absolute Gasteiger partial charge is 0.285 e. The Bertz CT molecular complexity index is 1160. The summed E-state index contributed by atoms with van der Waals surface area (Å²) in [7, 11) is 2.30. The monoisotopic (exact) mass is 438 g/mol. The molecule has 2 aromatic carbocycles. The molecule has 0 aliphatic rings. The van der Waals surface area contributed by atoms with Crippen molar-refractivity contribution in [3.63, 3.8) is 0 Å². The maximum Gasteiger partial charge on any atom is 0.285 e. The van der Waals surface area contributed by atoms with Crippen LogP contribution in [0.1, 0.15) is 0 Å². The fourth-order valence-corrected chi connectivity index (χ4v) is 5.04. The third-order valence-corrected chi connectivity index (χ3v) is 6.70. The van der Waals surface area contributed by atoms with Crippen molar-refractivity contribution in [1.29, 1.82) is 0 Å². The average Bonchev–Trinajstić information content (AvgIpc) is 3.06. The zero-order chi connectivity index (χ0) is 21.0. The first-order valence-electron chi connectivity index (χ1n) is 8.63. The number of rotatable bonds is 8. The topological polar surface area (TPSA) is 88.4 Å². The molecule has 3 aromatic rings. The molecule has 156 valence electrons. The summed E-state index contributed by atoms with van der Waals surface area (Å²) in [6.07, 6.45) is 0. The van der Waals surface area contributed by atoms with Crippen molar-refractivity contribution in [2.75, 3.05) is 35.0 Å². The van der Waals surface area contributed by atoms with Gasteiger partial charge in [-0.1, -0.05) is 11.3 Å². The fourth-order valence-electron chi connectivity index (χ4n) is 2.77. The Hall–Kier alpha value is -2.56. The van der Waals surface area contributed by atoms with Crippen LogP contribution in [0.3, 0.4) is 0 Å². The van der Waals surface area contributed by atoms with Gasteiger partial charge in [-0.15, -0.1) is 4.40 Å². The molecule has 29 heavy (non-hydrogen) atoms. The first-order valence-corrected chi connectivity index (χ1v) is 10.9. The standard InChI is InChI=1S/C19H22N2O6S2/c1-24-10-9-21-15-11-16(26-3)17(27-4)12-18(15)28-19(21)20-29(22,23)14-7-5-13(25-2)6-8-14/h5-8,11-12H,9-10H2,1-4H3/b20-19-. The number of nitrogens with zero attached hydrogens (tertiary/aromatic N) is 2. The van der Waals surface area contributed by atoms with Gasteiger partial charge in [-0.05, 0) is 24.3 Å². The summed E-state index contributed by atoms with van der Waals surface area (Å²) in [5.41, 5.74) is 0.786. The second-order valence-corrected chi connectivity index (χ2v) is 8.56.